The number of nitrogens with two attached hydrogens (primary N) is 1. The Morgan fingerprint density at radius 2 is 1.97 bits per heavy atom. The van der Waals surface area contributed by atoms with Gasteiger partial charge in [-0.3, -0.25) is 19.2 Å². The van der Waals surface area contributed by atoms with E-state index in [4.69, 9.17) is 10.5 Å². The van der Waals surface area contributed by atoms with Crippen molar-refractivity contribution < 1.29 is 28.7 Å². The largest absolute Gasteiger partial charge is 0.443 e. The Labute approximate surface area is 223 Å². The van der Waals surface area contributed by atoms with Gasteiger partial charge in [0.2, 0.25) is 5.91 Å². The highest BCUT2D eigenvalue weighted by molar-refractivity contribution is 7.14. The molecule has 0 radical (unpaired) electrons. The minimum absolute atomic E-state index is 0.0509. The summed E-state index contributed by atoms with van der Waals surface area (Å²) in [6, 6.07) is 6.31. The smallest absolute Gasteiger partial charge is 0.321 e. The lowest BCUT2D eigenvalue weighted by atomic mass is 10.0. The maximum atomic E-state index is 13.1. The highest BCUT2D eigenvalue weighted by Crippen LogP contribution is 2.34. The topological polar surface area (TPSA) is 154 Å². The zero-order valence-corrected chi connectivity index (χ0v) is 22.2. The molecule has 0 bridgehead atoms. The van der Waals surface area contributed by atoms with E-state index >= 15 is 0 Å². The van der Waals surface area contributed by atoms with E-state index in [1.54, 1.807) is 0 Å². The molecule has 4 N–H and O–H groups in total. The number of hydrogen-bond donors (Lipinski definition) is 3. The van der Waals surface area contributed by atoms with Crippen molar-refractivity contribution in [3.05, 3.63) is 45.1 Å². The standard InChI is InChI=1S/C25H30N6O6S/c1-14-4-5-16(9-19(14)29(2)3)28-25(36)27-11-17-8-15-12-30(24(35)22(15)38-17)18-6-7-20(32)31(23(18)34)13-37-21(33)10-26/h4-5,8-9,18H,6-7,10-13,26H2,1-3H3,(H2,27,28,36). The van der Waals surface area contributed by atoms with Crippen molar-refractivity contribution in [2.75, 3.05) is 37.6 Å². The maximum absolute atomic E-state index is 13.1. The number of carbonyl (C=O) groups is 5. The molecule has 0 aliphatic carbocycles. The molecule has 4 rings (SSSR count). The zero-order valence-electron chi connectivity index (χ0n) is 21.4. The molecule has 1 aromatic carbocycles. The van der Waals surface area contributed by atoms with Gasteiger partial charge in [-0.2, -0.15) is 0 Å². The number of ether oxygens (including phenoxy) is 1. The number of rotatable bonds is 8. The lowest BCUT2D eigenvalue weighted by molar-refractivity contribution is -0.163. The van der Waals surface area contributed by atoms with E-state index in [0.29, 0.717) is 10.6 Å². The molecule has 5 amide bonds. The average Bonchev–Trinajstić information content (AvgIpc) is 3.42. The van der Waals surface area contributed by atoms with Crippen molar-refractivity contribution in [1.82, 2.24) is 15.1 Å². The molecule has 0 saturated carbocycles. The second kappa shape index (κ2) is 11.2. The van der Waals surface area contributed by atoms with Crippen LogP contribution in [-0.2, 0) is 32.2 Å². The van der Waals surface area contributed by atoms with Crippen LogP contribution in [0.1, 0.15) is 38.5 Å². The number of likely N-dealkylation sites (tertiary alicyclic amines) is 1. The van der Waals surface area contributed by atoms with E-state index in [2.05, 4.69) is 10.6 Å². The minimum atomic E-state index is -0.828. The third-order valence-electron chi connectivity index (χ3n) is 6.41. The number of piperidine rings is 1. The molecule has 12 nitrogen and oxygen atoms in total. The molecule has 1 fully saturated rings. The Morgan fingerprint density at radius 3 is 2.66 bits per heavy atom. The van der Waals surface area contributed by atoms with Crippen LogP contribution in [0, 0.1) is 6.92 Å². The lowest BCUT2D eigenvalue weighted by Crippen LogP contribution is -2.55. The van der Waals surface area contributed by atoms with Gasteiger partial charge in [-0.1, -0.05) is 6.07 Å². The maximum Gasteiger partial charge on any atom is 0.321 e. The number of thiophene rings is 1. The molecule has 202 valence electrons. The fraction of sp³-hybridized carbons (Fsp3) is 0.400. The highest BCUT2D eigenvalue weighted by atomic mass is 32.1. The van der Waals surface area contributed by atoms with Crippen LogP contribution in [0.15, 0.2) is 24.3 Å². The molecule has 38 heavy (non-hydrogen) atoms. The summed E-state index contributed by atoms with van der Waals surface area (Å²) in [7, 11) is 3.87. The van der Waals surface area contributed by atoms with Crippen molar-refractivity contribution in [1.29, 1.82) is 0 Å². The summed E-state index contributed by atoms with van der Waals surface area (Å²) in [5, 5.41) is 5.63. The van der Waals surface area contributed by atoms with E-state index in [1.807, 2.05) is 50.2 Å². The summed E-state index contributed by atoms with van der Waals surface area (Å²) in [5.74, 6) is -2.09. The predicted octanol–water partition coefficient (Wildman–Crippen LogP) is 1.38. The van der Waals surface area contributed by atoms with Gasteiger partial charge in [0.15, 0.2) is 6.73 Å². The highest BCUT2D eigenvalue weighted by Gasteiger charge is 2.43. The second-order valence-electron chi connectivity index (χ2n) is 9.27. The van der Waals surface area contributed by atoms with E-state index < -0.39 is 30.6 Å². The molecule has 3 heterocycles. The molecule has 2 aromatic rings. The van der Waals surface area contributed by atoms with Crippen LogP contribution in [0.25, 0.3) is 0 Å². The molecule has 1 aromatic heterocycles. The Bertz CT molecular complexity index is 1290. The van der Waals surface area contributed by atoms with Crippen molar-refractivity contribution in [3.8, 4) is 0 Å². The van der Waals surface area contributed by atoms with Crippen LogP contribution in [0.5, 0.6) is 0 Å². The van der Waals surface area contributed by atoms with Gasteiger partial charge in [-0.05, 0) is 42.7 Å². The summed E-state index contributed by atoms with van der Waals surface area (Å²) in [5.41, 5.74) is 8.72. The van der Waals surface area contributed by atoms with Crippen molar-refractivity contribution in [2.45, 2.75) is 38.9 Å². The molecule has 0 spiro atoms. The minimum Gasteiger partial charge on any atom is -0.443 e. The molecule has 1 unspecified atom stereocenters. The SMILES string of the molecule is Cc1ccc(NC(=O)NCc2cc3c(s2)C(=O)N(C2CCC(=O)N(COC(=O)CN)C2=O)C3)cc1N(C)C. The van der Waals surface area contributed by atoms with E-state index in [-0.39, 0.29) is 44.4 Å². The van der Waals surface area contributed by atoms with Gasteiger partial charge in [0.25, 0.3) is 11.8 Å². The number of esters is 1. The van der Waals surface area contributed by atoms with Crippen LogP contribution < -0.4 is 21.3 Å². The number of hydrogen-bond acceptors (Lipinski definition) is 9. The average molecular weight is 543 g/mol. The normalized spacial score (nSPS) is 16.9. The number of fused-ring (bicyclic) bond motifs is 1. The molecular formula is C25H30N6O6S. The van der Waals surface area contributed by atoms with Gasteiger partial charge in [0.1, 0.15) is 6.04 Å². The zero-order chi connectivity index (χ0) is 27.6. The first-order valence-electron chi connectivity index (χ1n) is 12.0. The van der Waals surface area contributed by atoms with Crippen LogP contribution in [0.3, 0.4) is 0 Å². The summed E-state index contributed by atoms with van der Waals surface area (Å²) in [6.45, 7) is 1.56. The number of nitrogens with one attached hydrogen (secondary N) is 2. The quantitative estimate of drug-likeness (QED) is 0.334. The van der Waals surface area contributed by atoms with Crippen LogP contribution in [-0.4, -0.2) is 72.9 Å². The summed E-state index contributed by atoms with van der Waals surface area (Å²) < 4.78 is 4.85. The van der Waals surface area contributed by atoms with Crippen LogP contribution in [0.2, 0.25) is 0 Å². The fourth-order valence-electron chi connectivity index (χ4n) is 4.46. The van der Waals surface area contributed by atoms with Crippen LogP contribution in [0.4, 0.5) is 16.2 Å². The fourth-order valence-corrected chi connectivity index (χ4v) is 5.53. The number of benzene rings is 1. The number of amides is 5. The van der Waals surface area contributed by atoms with Gasteiger partial charge >= 0.3 is 12.0 Å². The van der Waals surface area contributed by atoms with Crippen molar-refractivity contribution in [3.63, 3.8) is 0 Å². The summed E-state index contributed by atoms with van der Waals surface area (Å²) >= 11 is 1.26. The molecular weight excluding hydrogens is 512 g/mol. The number of carbonyl (C=O) groups excluding carboxylic acids is 5. The summed E-state index contributed by atoms with van der Waals surface area (Å²) in [6.07, 6.45) is 0.248. The molecule has 2 aliphatic heterocycles. The Balaban J connectivity index is 1.34. The van der Waals surface area contributed by atoms with Gasteiger partial charge in [0, 0.05) is 43.3 Å². The molecule has 13 heteroatoms. The first-order chi connectivity index (χ1) is 18.1. The Hall–Kier alpha value is -3.97. The van der Waals surface area contributed by atoms with Crippen LogP contribution >= 0.6 is 11.3 Å². The second-order valence-corrected chi connectivity index (χ2v) is 10.4. The van der Waals surface area contributed by atoms with Gasteiger partial charge in [-0.25, -0.2) is 9.69 Å². The lowest BCUT2D eigenvalue weighted by Gasteiger charge is -2.34. The van der Waals surface area contributed by atoms with E-state index in [0.717, 1.165) is 26.6 Å². The first kappa shape index (κ1) is 27.1. The van der Waals surface area contributed by atoms with Crippen molar-refractivity contribution >= 4 is 52.4 Å². The third-order valence-corrected chi connectivity index (χ3v) is 7.57. The predicted molar refractivity (Wildman–Crippen MR) is 140 cm³/mol. The first-order valence-corrected chi connectivity index (χ1v) is 12.9. The molecule has 2 aliphatic rings. The van der Waals surface area contributed by atoms with Crippen molar-refractivity contribution in [2.24, 2.45) is 5.73 Å². The van der Waals surface area contributed by atoms with Gasteiger partial charge < -0.3 is 30.9 Å². The number of nitrogens with zero attached hydrogens (tertiary/aromatic N) is 3. The van der Waals surface area contributed by atoms with E-state index in [9.17, 15) is 24.0 Å². The van der Waals surface area contributed by atoms with Gasteiger partial charge in [-0.15, -0.1) is 11.3 Å². The Morgan fingerprint density at radius 1 is 1.21 bits per heavy atom. The molecule has 1 saturated heterocycles. The Kier molecular flexibility index (Phi) is 7.97. The third kappa shape index (κ3) is 5.63. The number of aryl methyl sites for hydroxylation is 1. The number of urea groups is 1. The van der Waals surface area contributed by atoms with E-state index in [1.165, 1.54) is 16.2 Å². The molecule has 1 atom stereocenters. The number of imide groups is 1. The number of anilines is 2. The van der Waals surface area contributed by atoms with Gasteiger partial charge in [0.05, 0.1) is 18.0 Å². The summed E-state index contributed by atoms with van der Waals surface area (Å²) in [4.78, 5) is 67.6. The monoisotopic (exact) mass is 542 g/mol.